The molecule has 1 unspecified atom stereocenters. The molecule has 2 heterocycles. The molecule has 0 aromatic rings. The van der Waals surface area contributed by atoms with Crippen molar-refractivity contribution in [2.75, 3.05) is 26.3 Å². The molecule has 0 bridgehead atoms. The first-order valence-corrected chi connectivity index (χ1v) is 7.34. The van der Waals surface area contributed by atoms with Crippen molar-refractivity contribution in [2.24, 2.45) is 17.3 Å². The van der Waals surface area contributed by atoms with Crippen LogP contribution in [0.4, 0.5) is 0 Å². The Labute approximate surface area is 113 Å². The van der Waals surface area contributed by atoms with Gasteiger partial charge in [0.25, 0.3) is 0 Å². The fraction of sp³-hybridized carbons (Fsp3) is 0.857. The van der Waals surface area contributed by atoms with Crippen LogP contribution in [-0.4, -0.2) is 38.1 Å². The third-order valence-corrected chi connectivity index (χ3v) is 4.94. The summed E-state index contributed by atoms with van der Waals surface area (Å²) in [7, 11) is 0. The predicted molar refractivity (Wildman–Crippen MR) is 69.3 cm³/mol. The van der Waals surface area contributed by atoms with E-state index < -0.39 is 0 Å². The molecule has 3 aliphatic rings. The molecule has 3 rings (SSSR count). The highest BCUT2D eigenvalue weighted by atomic mass is 16.5. The van der Waals surface area contributed by atoms with E-state index in [4.69, 9.17) is 4.74 Å². The molecule has 2 aliphatic heterocycles. The van der Waals surface area contributed by atoms with Crippen molar-refractivity contribution >= 4 is 11.8 Å². The lowest BCUT2D eigenvalue weighted by Gasteiger charge is -2.24. The Morgan fingerprint density at radius 3 is 2.47 bits per heavy atom. The molecular weight excluding hydrogens is 244 g/mol. The van der Waals surface area contributed by atoms with Gasteiger partial charge in [0.2, 0.25) is 11.8 Å². The Kier molecular flexibility index (Phi) is 3.58. The van der Waals surface area contributed by atoms with E-state index in [2.05, 4.69) is 10.6 Å². The molecule has 19 heavy (non-hydrogen) atoms. The van der Waals surface area contributed by atoms with Crippen LogP contribution in [-0.2, 0) is 14.3 Å². The summed E-state index contributed by atoms with van der Waals surface area (Å²) in [5, 5.41) is 5.95. The van der Waals surface area contributed by atoms with Crippen molar-refractivity contribution in [3.63, 3.8) is 0 Å². The topological polar surface area (TPSA) is 67.4 Å². The molecule has 2 saturated heterocycles. The van der Waals surface area contributed by atoms with Gasteiger partial charge in [-0.3, -0.25) is 14.9 Å². The van der Waals surface area contributed by atoms with Crippen molar-refractivity contribution in [3.05, 3.63) is 0 Å². The lowest BCUT2D eigenvalue weighted by molar-refractivity contribution is -0.135. The van der Waals surface area contributed by atoms with E-state index in [1.165, 1.54) is 0 Å². The summed E-state index contributed by atoms with van der Waals surface area (Å²) in [4.78, 5) is 24.2. The maximum absolute atomic E-state index is 12.1. The zero-order valence-electron chi connectivity index (χ0n) is 11.2. The summed E-state index contributed by atoms with van der Waals surface area (Å²) in [6.07, 6.45) is 4.56. The van der Waals surface area contributed by atoms with Gasteiger partial charge in [0, 0.05) is 25.0 Å². The minimum Gasteiger partial charge on any atom is -0.381 e. The van der Waals surface area contributed by atoms with Crippen LogP contribution in [0, 0.1) is 17.3 Å². The summed E-state index contributed by atoms with van der Waals surface area (Å²) in [5.41, 5.74) is 0.200. The van der Waals surface area contributed by atoms with Gasteiger partial charge in [-0.05, 0) is 50.6 Å². The van der Waals surface area contributed by atoms with Gasteiger partial charge in [-0.1, -0.05) is 0 Å². The number of imide groups is 1. The molecule has 2 amide bonds. The molecule has 1 aliphatic carbocycles. The van der Waals surface area contributed by atoms with E-state index in [1.807, 2.05) is 0 Å². The largest absolute Gasteiger partial charge is 0.381 e. The van der Waals surface area contributed by atoms with E-state index in [-0.39, 0.29) is 29.1 Å². The minimum absolute atomic E-state index is 0.0413. The highest BCUT2D eigenvalue weighted by Crippen LogP contribution is 2.58. The van der Waals surface area contributed by atoms with E-state index in [9.17, 15) is 9.59 Å². The highest BCUT2D eigenvalue weighted by Gasteiger charge is 2.57. The maximum Gasteiger partial charge on any atom is 0.230 e. The van der Waals surface area contributed by atoms with Gasteiger partial charge in [0.1, 0.15) is 0 Å². The summed E-state index contributed by atoms with van der Waals surface area (Å²) >= 11 is 0. The van der Waals surface area contributed by atoms with Gasteiger partial charge in [0.05, 0.1) is 0 Å². The number of amides is 2. The van der Waals surface area contributed by atoms with Crippen molar-refractivity contribution in [1.29, 1.82) is 0 Å². The molecule has 3 fully saturated rings. The SMILES string of the molecule is O=C(NC(=O)C1CC12CCNCC2)C1CCOCC1. The van der Waals surface area contributed by atoms with Crippen LogP contribution >= 0.6 is 0 Å². The molecule has 0 aromatic carbocycles. The van der Waals surface area contributed by atoms with Gasteiger partial charge in [0.15, 0.2) is 0 Å². The van der Waals surface area contributed by atoms with Gasteiger partial charge < -0.3 is 10.1 Å². The van der Waals surface area contributed by atoms with Crippen molar-refractivity contribution in [2.45, 2.75) is 32.1 Å². The van der Waals surface area contributed by atoms with Crippen LogP contribution in [0.15, 0.2) is 0 Å². The highest BCUT2D eigenvalue weighted by molar-refractivity contribution is 5.98. The lowest BCUT2D eigenvalue weighted by Crippen LogP contribution is -2.40. The third kappa shape index (κ3) is 2.67. The number of ether oxygens (including phenoxy) is 1. The predicted octanol–water partition coefficient (Wildman–Crippen LogP) is 0.445. The summed E-state index contributed by atoms with van der Waals surface area (Å²) in [6.45, 7) is 3.26. The Hall–Kier alpha value is -0.940. The number of hydrogen-bond donors (Lipinski definition) is 2. The normalized spacial score (nSPS) is 30.0. The molecule has 1 atom stereocenters. The maximum atomic E-state index is 12.1. The molecule has 5 nitrogen and oxygen atoms in total. The Morgan fingerprint density at radius 1 is 1.11 bits per heavy atom. The molecule has 0 aromatic heterocycles. The van der Waals surface area contributed by atoms with Gasteiger partial charge in [-0.15, -0.1) is 0 Å². The van der Waals surface area contributed by atoms with Gasteiger partial charge in [-0.2, -0.15) is 0 Å². The Bertz CT molecular complexity index is 371. The van der Waals surface area contributed by atoms with Crippen LogP contribution in [0.5, 0.6) is 0 Å². The monoisotopic (exact) mass is 266 g/mol. The zero-order chi connectivity index (χ0) is 13.3. The molecule has 106 valence electrons. The van der Waals surface area contributed by atoms with Crippen molar-refractivity contribution < 1.29 is 14.3 Å². The minimum atomic E-state index is -0.0933. The second-order valence-corrected chi connectivity index (χ2v) is 6.11. The Balaban J connectivity index is 1.50. The molecule has 2 N–H and O–H groups in total. The summed E-state index contributed by atoms with van der Waals surface area (Å²) in [5.74, 6) is -0.110. The summed E-state index contributed by atoms with van der Waals surface area (Å²) < 4.78 is 5.23. The fourth-order valence-electron chi connectivity index (χ4n) is 3.47. The second kappa shape index (κ2) is 5.21. The van der Waals surface area contributed by atoms with E-state index in [0.717, 1.165) is 45.2 Å². The fourth-order valence-corrected chi connectivity index (χ4v) is 3.47. The first-order valence-electron chi connectivity index (χ1n) is 7.34. The average Bonchev–Trinajstić information content (AvgIpc) is 3.14. The van der Waals surface area contributed by atoms with E-state index in [0.29, 0.717) is 13.2 Å². The van der Waals surface area contributed by atoms with Crippen LogP contribution in [0.3, 0.4) is 0 Å². The van der Waals surface area contributed by atoms with E-state index in [1.54, 1.807) is 0 Å². The van der Waals surface area contributed by atoms with Crippen LogP contribution in [0.2, 0.25) is 0 Å². The third-order valence-electron chi connectivity index (χ3n) is 4.94. The number of carbonyl (C=O) groups is 2. The summed E-state index contributed by atoms with van der Waals surface area (Å²) in [6, 6.07) is 0. The van der Waals surface area contributed by atoms with Crippen molar-refractivity contribution in [1.82, 2.24) is 10.6 Å². The van der Waals surface area contributed by atoms with Gasteiger partial charge in [-0.25, -0.2) is 0 Å². The number of hydrogen-bond acceptors (Lipinski definition) is 4. The van der Waals surface area contributed by atoms with Crippen molar-refractivity contribution in [3.8, 4) is 0 Å². The quantitative estimate of drug-likeness (QED) is 0.712. The average molecular weight is 266 g/mol. The molecule has 5 heteroatoms. The molecule has 0 radical (unpaired) electrons. The molecular formula is C14H22N2O3. The molecule has 1 spiro atoms. The number of rotatable bonds is 2. The van der Waals surface area contributed by atoms with Crippen LogP contribution in [0.25, 0.3) is 0 Å². The second-order valence-electron chi connectivity index (χ2n) is 6.11. The Morgan fingerprint density at radius 2 is 1.79 bits per heavy atom. The first kappa shape index (κ1) is 13.1. The van der Waals surface area contributed by atoms with Gasteiger partial charge >= 0.3 is 0 Å². The number of carbonyl (C=O) groups excluding carboxylic acids is 2. The number of nitrogens with one attached hydrogen (secondary N) is 2. The number of piperidine rings is 1. The molecule has 1 saturated carbocycles. The van der Waals surface area contributed by atoms with Crippen LogP contribution in [0.1, 0.15) is 32.1 Å². The van der Waals surface area contributed by atoms with Crippen LogP contribution < -0.4 is 10.6 Å². The smallest absolute Gasteiger partial charge is 0.230 e. The lowest BCUT2D eigenvalue weighted by atomic mass is 9.91. The van der Waals surface area contributed by atoms with E-state index >= 15 is 0 Å². The zero-order valence-corrected chi connectivity index (χ0v) is 11.2. The first-order chi connectivity index (χ1) is 9.21. The standard InChI is InChI=1S/C14H22N2O3/c17-12(10-1-7-19-8-2-10)16-13(18)11-9-14(11)3-5-15-6-4-14/h10-11,15H,1-9H2,(H,16,17,18).